The van der Waals surface area contributed by atoms with Crippen molar-refractivity contribution in [2.24, 2.45) is 0 Å². The van der Waals surface area contributed by atoms with E-state index in [9.17, 15) is 17.6 Å². The number of benzene rings is 2. The van der Waals surface area contributed by atoms with Gasteiger partial charge in [0.15, 0.2) is 9.84 Å². The van der Waals surface area contributed by atoms with Crippen molar-refractivity contribution in [3.05, 3.63) is 58.9 Å². The lowest BCUT2D eigenvalue weighted by molar-refractivity contribution is -0.0873. The van der Waals surface area contributed by atoms with Gasteiger partial charge in [-0.15, -0.1) is 0 Å². The molecule has 4 rings (SSSR count). The number of carbonyl (C=O) groups is 1. The normalized spacial score (nSPS) is 19.9. The van der Waals surface area contributed by atoms with Crippen LogP contribution in [0, 0.1) is 12.7 Å². The summed E-state index contributed by atoms with van der Waals surface area (Å²) in [7, 11) is -3.33. The van der Waals surface area contributed by atoms with Gasteiger partial charge >= 0.3 is 0 Å². The molecular weight excluding hydrogens is 445 g/mol. The molecule has 2 aliphatic heterocycles. The second-order valence-corrected chi connectivity index (χ2v) is 11.4. The molecule has 1 saturated heterocycles. The molecule has 2 aliphatic rings. The van der Waals surface area contributed by atoms with Crippen LogP contribution in [0.25, 0.3) is 0 Å². The zero-order valence-electron chi connectivity index (χ0n) is 19.4. The quantitative estimate of drug-likeness (QED) is 0.653. The zero-order chi connectivity index (χ0) is 24.0. The number of hydrogen-bond donors (Lipinski definition) is 0. The largest absolute Gasteiger partial charge is 0.487 e. The number of hydrogen-bond acceptors (Lipinski definition) is 5. The average molecular weight is 476 g/mol. The maximum absolute atomic E-state index is 13.9. The van der Waals surface area contributed by atoms with E-state index in [-0.39, 0.29) is 28.8 Å². The summed E-state index contributed by atoms with van der Waals surface area (Å²) in [4.78, 5) is 15.2. The van der Waals surface area contributed by atoms with Gasteiger partial charge in [0, 0.05) is 49.7 Å². The molecular formula is C25H30FNO5S. The summed E-state index contributed by atoms with van der Waals surface area (Å²) in [5.41, 5.74) is 1.40. The lowest BCUT2D eigenvalue weighted by atomic mass is 9.81. The molecule has 8 heteroatoms. The number of amides is 1. The van der Waals surface area contributed by atoms with Gasteiger partial charge in [-0.05, 0) is 62.7 Å². The van der Waals surface area contributed by atoms with Gasteiger partial charge in [0.05, 0.1) is 17.1 Å². The molecule has 33 heavy (non-hydrogen) atoms. The number of piperidine rings is 1. The van der Waals surface area contributed by atoms with E-state index in [0.29, 0.717) is 49.2 Å². The average Bonchev–Trinajstić information content (AvgIpc) is 2.73. The van der Waals surface area contributed by atoms with Gasteiger partial charge in [0.2, 0.25) is 0 Å². The van der Waals surface area contributed by atoms with Crippen molar-refractivity contribution >= 4 is 15.7 Å². The first-order valence-electron chi connectivity index (χ1n) is 11.2. The van der Waals surface area contributed by atoms with Crippen LogP contribution in [-0.2, 0) is 14.6 Å². The van der Waals surface area contributed by atoms with E-state index in [1.807, 2.05) is 13.8 Å². The molecule has 1 fully saturated rings. The Morgan fingerprint density at radius 1 is 1.18 bits per heavy atom. The van der Waals surface area contributed by atoms with Crippen LogP contribution in [0.4, 0.5) is 4.39 Å². The lowest BCUT2D eigenvalue weighted by Crippen LogP contribution is -2.52. The molecule has 0 radical (unpaired) electrons. The predicted octanol–water partition coefficient (Wildman–Crippen LogP) is 4.46. The fourth-order valence-corrected chi connectivity index (χ4v) is 5.44. The number of aryl methyl sites for hydroxylation is 1. The number of ether oxygens (including phenoxy) is 2. The monoisotopic (exact) mass is 475 g/mol. The van der Waals surface area contributed by atoms with Gasteiger partial charge in [-0.1, -0.05) is 0 Å². The molecule has 0 aromatic heterocycles. The molecule has 2 aromatic rings. The van der Waals surface area contributed by atoms with E-state index >= 15 is 0 Å². The first kappa shape index (κ1) is 23.7. The summed E-state index contributed by atoms with van der Waals surface area (Å²) in [5, 5.41) is 0. The third-order valence-corrected chi connectivity index (χ3v) is 7.57. The molecule has 0 N–H and O–H groups in total. The maximum atomic E-state index is 13.9. The number of sulfone groups is 1. The molecule has 0 aliphatic carbocycles. The standard InChI is InChI=1S/C25H30FNO5S/c1-16(2)31-23-15-25(32-22-8-5-18(26)14-21(22)23)9-11-27(12-10-25)24(28)20-7-6-19(13-17(20)3)33(4,29)30/h5-8,13-14,16,23H,9-12,15H2,1-4H3/t23-/m1/s1. The van der Waals surface area contributed by atoms with E-state index in [2.05, 4.69) is 0 Å². The molecule has 0 unspecified atom stereocenters. The van der Waals surface area contributed by atoms with Gasteiger partial charge < -0.3 is 14.4 Å². The molecule has 178 valence electrons. The summed E-state index contributed by atoms with van der Waals surface area (Å²) in [6.45, 7) is 6.69. The first-order valence-corrected chi connectivity index (χ1v) is 13.1. The van der Waals surface area contributed by atoms with Crippen LogP contribution in [0.5, 0.6) is 5.75 Å². The topological polar surface area (TPSA) is 72.9 Å². The van der Waals surface area contributed by atoms with E-state index < -0.39 is 15.4 Å². The van der Waals surface area contributed by atoms with Crippen molar-refractivity contribution < 1.29 is 27.1 Å². The van der Waals surface area contributed by atoms with Crippen LogP contribution >= 0.6 is 0 Å². The number of halogens is 1. The Kier molecular flexibility index (Phi) is 6.26. The SMILES string of the molecule is Cc1cc(S(C)(=O)=O)ccc1C(=O)N1CCC2(CC1)C[C@@H](OC(C)C)c1cc(F)ccc1O2. The van der Waals surface area contributed by atoms with Gasteiger partial charge in [0.25, 0.3) is 5.91 Å². The van der Waals surface area contributed by atoms with E-state index in [4.69, 9.17) is 9.47 Å². The Balaban J connectivity index is 1.51. The van der Waals surface area contributed by atoms with Crippen molar-refractivity contribution in [3.63, 3.8) is 0 Å². The van der Waals surface area contributed by atoms with Crippen LogP contribution in [-0.4, -0.2) is 50.3 Å². The maximum Gasteiger partial charge on any atom is 0.254 e. The molecule has 2 aromatic carbocycles. The number of likely N-dealkylation sites (tertiary alicyclic amines) is 1. The van der Waals surface area contributed by atoms with E-state index in [0.717, 1.165) is 11.8 Å². The Bertz CT molecular complexity index is 1170. The Morgan fingerprint density at radius 3 is 2.48 bits per heavy atom. The van der Waals surface area contributed by atoms with E-state index in [1.54, 1.807) is 30.0 Å². The summed E-state index contributed by atoms with van der Waals surface area (Å²) < 4.78 is 50.0. The zero-order valence-corrected chi connectivity index (χ0v) is 20.2. The van der Waals surface area contributed by atoms with Crippen molar-refractivity contribution in [1.29, 1.82) is 0 Å². The highest BCUT2D eigenvalue weighted by Gasteiger charge is 2.45. The first-order chi connectivity index (χ1) is 15.5. The number of fused-ring (bicyclic) bond motifs is 1. The summed E-state index contributed by atoms with van der Waals surface area (Å²) in [6.07, 6.45) is 2.74. The minimum atomic E-state index is -3.33. The minimum absolute atomic E-state index is 0.0131. The molecule has 0 saturated carbocycles. The minimum Gasteiger partial charge on any atom is -0.487 e. The van der Waals surface area contributed by atoms with Crippen molar-refractivity contribution in [2.45, 2.75) is 62.7 Å². The number of rotatable bonds is 4. The summed E-state index contributed by atoms with van der Waals surface area (Å²) in [6, 6.07) is 9.15. The van der Waals surface area contributed by atoms with Gasteiger partial charge in [-0.3, -0.25) is 4.79 Å². The molecule has 0 bridgehead atoms. The number of nitrogens with zero attached hydrogens (tertiary/aromatic N) is 1. The smallest absolute Gasteiger partial charge is 0.254 e. The fraction of sp³-hybridized carbons (Fsp3) is 0.480. The summed E-state index contributed by atoms with van der Waals surface area (Å²) >= 11 is 0. The Morgan fingerprint density at radius 2 is 1.88 bits per heavy atom. The van der Waals surface area contributed by atoms with Gasteiger partial charge in [-0.2, -0.15) is 0 Å². The van der Waals surface area contributed by atoms with Gasteiger partial charge in [-0.25, -0.2) is 12.8 Å². The summed E-state index contributed by atoms with van der Waals surface area (Å²) in [5.74, 6) is 0.208. The highest BCUT2D eigenvalue weighted by molar-refractivity contribution is 7.90. The fourth-order valence-electron chi connectivity index (χ4n) is 4.74. The van der Waals surface area contributed by atoms with Crippen LogP contribution in [0.1, 0.15) is 60.7 Å². The third kappa shape index (κ3) is 4.92. The van der Waals surface area contributed by atoms with Crippen molar-refractivity contribution in [1.82, 2.24) is 4.90 Å². The molecule has 2 heterocycles. The molecule has 1 atom stereocenters. The molecule has 6 nitrogen and oxygen atoms in total. The second kappa shape index (κ2) is 8.72. The van der Waals surface area contributed by atoms with Crippen LogP contribution < -0.4 is 4.74 Å². The Hall–Kier alpha value is -2.45. The molecule has 1 spiro atoms. The van der Waals surface area contributed by atoms with Crippen LogP contribution in [0.15, 0.2) is 41.3 Å². The van der Waals surface area contributed by atoms with Crippen molar-refractivity contribution in [2.75, 3.05) is 19.3 Å². The van der Waals surface area contributed by atoms with Gasteiger partial charge in [0.1, 0.15) is 17.2 Å². The van der Waals surface area contributed by atoms with E-state index in [1.165, 1.54) is 18.2 Å². The number of carbonyl (C=O) groups excluding carboxylic acids is 1. The third-order valence-electron chi connectivity index (χ3n) is 6.46. The van der Waals surface area contributed by atoms with Crippen LogP contribution in [0.2, 0.25) is 0 Å². The lowest BCUT2D eigenvalue weighted by Gasteiger charge is -2.47. The molecule has 1 amide bonds. The highest BCUT2D eigenvalue weighted by atomic mass is 32.2. The predicted molar refractivity (Wildman–Crippen MR) is 123 cm³/mol. The van der Waals surface area contributed by atoms with Crippen molar-refractivity contribution in [3.8, 4) is 5.75 Å². The van der Waals surface area contributed by atoms with Crippen LogP contribution in [0.3, 0.4) is 0 Å². The highest BCUT2D eigenvalue weighted by Crippen LogP contribution is 2.46. The second-order valence-electron chi connectivity index (χ2n) is 9.39. The Labute approximate surface area is 194 Å².